The predicted molar refractivity (Wildman–Crippen MR) is 146 cm³/mol. The molecule has 0 atom stereocenters. The lowest BCUT2D eigenvalue weighted by atomic mass is 10.0. The highest BCUT2D eigenvalue weighted by molar-refractivity contribution is 6.26. The van der Waals surface area contributed by atoms with Gasteiger partial charge in [-0.1, -0.05) is 54.6 Å². The van der Waals surface area contributed by atoms with Crippen LogP contribution in [-0.4, -0.2) is 44.1 Å². The zero-order valence-electron chi connectivity index (χ0n) is 20.7. The molecule has 0 N–H and O–H groups in total. The van der Waals surface area contributed by atoms with Crippen LogP contribution >= 0.6 is 0 Å². The first kappa shape index (κ1) is 22.6. The number of anilines is 2. The van der Waals surface area contributed by atoms with E-state index in [0.29, 0.717) is 6.54 Å². The molecule has 0 bridgehead atoms. The molecule has 6 rings (SSSR count). The summed E-state index contributed by atoms with van der Waals surface area (Å²) in [6, 6.07) is 29.2. The Morgan fingerprint density at radius 2 is 1.50 bits per heavy atom. The maximum absolute atomic E-state index is 13.4. The van der Waals surface area contributed by atoms with Gasteiger partial charge in [-0.05, 0) is 47.9 Å². The summed E-state index contributed by atoms with van der Waals surface area (Å²) in [6.45, 7) is 5.67. The van der Waals surface area contributed by atoms with E-state index in [2.05, 4.69) is 58.3 Å². The second-order valence-electron chi connectivity index (χ2n) is 9.67. The summed E-state index contributed by atoms with van der Waals surface area (Å²) < 4.78 is 5.29. The van der Waals surface area contributed by atoms with E-state index in [1.54, 1.807) is 7.11 Å². The van der Waals surface area contributed by atoms with Gasteiger partial charge in [0.15, 0.2) is 0 Å². The van der Waals surface area contributed by atoms with Gasteiger partial charge in [0.05, 0.1) is 19.3 Å². The largest absolute Gasteiger partial charge is 0.497 e. The Hall–Kier alpha value is -3.83. The summed E-state index contributed by atoms with van der Waals surface area (Å²) in [5, 5.41) is 2.26. The molecule has 36 heavy (non-hydrogen) atoms. The third-order valence-electron chi connectivity index (χ3n) is 7.44. The number of hydrogen-bond acceptors (Lipinski definition) is 4. The van der Waals surface area contributed by atoms with E-state index >= 15 is 0 Å². The third kappa shape index (κ3) is 4.20. The predicted octanol–water partition coefficient (Wildman–Crippen LogP) is 5.72. The molecule has 2 aliphatic heterocycles. The van der Waals surface area contributed by atoms with Gasteiger partial charge in [0.2, 0.25) is 0 Å². The van der Waals surface area contributed by atoms with E-state index < -0.39 is 0 Å². The number of nitrogens with zero attached hydrogens (tertiary/aromatic N) is 3. The first-order valence-corrected chi connectivity index (χ1v) is 12.7. The van der Waals surface area contributed by atoms with Gasteiger partial charge in [0.25, 0.3) is 5.91 Å². The lowest BCUT2D eigenvalue weighted by molar-refractivity contribution is 0.0991. The van der Waals surface area contributed by atoms with Crippen molar-refractivity contribution in [1.29, 1.82) is 0 Å². The molecule has 2 heterocycles. The van der Waals surface area contributed by atoms with Crippen LogP contribution in [0.25, 0.3) is 10.8 Å². The fourth-order valence-electron chi connectivity index (χ4n) is 5.59. The number of benzene rings is 4. The lowest BCUT2D eigenvalue weighted by Crippen LogP contribution is -2.30. The van der Waals surface area contributed by atoms with Crippen LogP contribution in [0.2, 0.25) is 0 Å². The van der Waals surface area contributed by atoms with E-state index in [1.165, 1.54) is 16.6 Å². The molecule has 0 radical (unpaired) electrons. The number of carbonyl (C=O) groups excluding carboxylic acids is 1. The SMILES string of the molecule is COc1ccc(CN2C(=O)c3cccc4c(N5CCCN(Cc6ccccc6)CC5)ccc2c34)cc1. The van der Waals surface area contributed by atoms with Gasteiger partial charge in [-0.3, -0.25) is 9.69 Å². The summed E-state index contributed by atoms with van der Waals surface area (Å²) in [4.78, 5) is 20.4. The van der Waals surface area contributed by atoms with Crippen molar-refractivity contribution in [2.45, 2.75) is 19.5 Å². The van der Waals surface area contributed by atoms with Crippen molar-refractivity contribution in [2.24, 2.45) is 0 Å². The van der Waals surface area contributed by atoms with Crippen LogP contribution in [0.5, 0.6) is 5.75 Å². The van der Waals surface area contributed by atoms with E-state index in [0.717, 1.165) is 67.1 Å². The first-order chi connectivity index (χ1) is 17.7. The molecule has 0 aliphatic carbocycles. The molecule has 5 heteroatoms. The minimum Gasteiger partial charge on any atom is -0.497 e. The Morgan fingerprint density at radius 3 is 2.31 bits per heavy atom. The Balaban J connectivity index is 1.26. The summed E-state index contributed by atoms with van der Waals surface area (Å²) in [6.07, 6.45) is 1.12. The summed E-state index contributed by atoms with van der Waals surface area (Å²) in [5.41, 5.74) is 5.49. The average Bonchev–Trinajstić information content (AvgIpc) is 3.05. The standard InChI is InChI=1S/C31H31N3O2/c1-36-25-13-11-24(12-14-25)22-34-29-16-15-28(26-9-5-10-27(30(26)29)31(34)35)33-18-6-17-32(19-20-33)21-23-7-3-2-4-8-23/h2-5,7-16H,6,17-22H2,1H3. The van der Waals surface area contributed by atoms with Gasteiger partial charge in [0, 0.05) is 54.7 Å². The highest BCUT2D eigenvalue weighted by atomic mass is 16.5. The molecule has 0 aromatic heterocycles. The summed E-state index contributed by atoms with van der Waals surface area (Å²) in [5.74, 6) is 0.898. The van der Waals surface area contributed by atoms with Crippen LogP contribution in [0.4, 0.5) is 11.4 Å². The van der Waals surface area contributed by atoms with Crippen LogP contribution < -0.4 is 14.5 Å². The Morgan fingerprint density at radius 1 is 0.722 bits per heavy atom. The molecule has 2 aliphatic rings. The van der Waals surface area contributed by atoms with Crippen molar-refractivity contribution in [3.8, 4) is 5.75 Å². The molecular weight excluding hydrogens is 446 g/mol. The van der Waals surface area contributed by atoms with E-state index in [4.69, 9.17) is 4.74 Å². The number of ether oxygens (including phenoxy) is 1. The maximum atomic E-state index is 13.4. The summed E-state index contributed by atoms with van der Waals surface area (Å²) >= 11 is 0. The zero-order valence-corrected chi connectivity index (χ0v) is 20.7. The number of hydrogen-bond donors (Lipinski definition) is 0. The number of methoxy groups -OCH3 is 1. The smallest absolute Gasteiger partial charge is 0.259 e. The molecule has 1 saturated heterocycles. The normalized spacial score (nSPS) is 16.0. The number of amides is 1. The monoisotopic (exact) mass is 477 g/mol. The van der Waals surface area contributed by atoms with Gasteiger partial charge in [0.1, 0.15) is 5.75 Å². The van der Waals surface area contributed by atoms with Gasteiger partial charge < -0.3 is 14.5 Å². The van der Waals surface area contributed by atoms with Crippen LogP contribution in [0.3, 0.4) is 0 Å². The Labute approximate surface area is 212 Å². The van der Waals surface area contributed by atoms with Crippen LogP contribution in [0, 0.1) is 0 Å². The van der Waals surface area contributed by atoms with Crippen LogP contribution in [0.15, 0.2) is 84.9 Å². The van der Waals surface area contributed by atoms with Crippen molar-refractivity contribution in [3.63, 3.8) is 0 Å². The fraction of sp³-hybridized carbons (Fsp3) is 0.258. The average molecular weight is 478 g/mol. The second-order valence-corrected chi connectivity index (χ2v) is 9.67. The van der Waals surface area contributed by atoms with Crippen LogP contribution in [-0.2, 0) is 13.1 Å². The van der Waals surface area contributed by atoms with Crippen molar-refractivity contribution in [3.05, 3.63) is 102 Å². The van der Waals surface area contributed by atoms with Gasteiger partial charge >= 0.3 is 0 Å². The molecule has 1 fully saturated rings. The molecule has 0 unspecified atom stereocenters. The van der Waals surface area contributed by atoms with Crippen molar-refractivity contribution >= 4 is 28.1 Å². The number of rotatable bonds is 6. The molecule has 182 valence electrons. The van der Waals surface area contributed by atoms with E-state index in [9.17, 15) is 4.79 Å². The number of carbonyl (C=O) groups is 1. The van der Waals surface area contributed by atoms with Crippen molar-refractivity contribution < 1.29 is 9.53 Å². The molecular formula is C31H31N3O2. The third-order valence-corrected chi connectivity index (χ3v) is 7.44. The molecule has 5 nitrogen and oxygen atoms in total. The van der Waals surface area contributed by atoms with E-state index in [-0.39, 0.29) is 5.91 Å². The van der Waals surface area contributed by atoms with Gasteiger partial charge in [-0.2, -0.15) is 0 Å². The van der Waals surface area contributed by atoms with Crippen LogP contribution in [0.1, 0.15) is 27.9 Å². The minimum atomic E-state index is 0.0773. The molecule has 0 spiro atoms. The summed E-state index contributed by atoms with van der Waals surface area (Å²) in [7, 11) is 1.67. The van der Waals surface area contributed by atoms with Crippen molar-refractivity contribution in [2.75, 3.05) is 43.1 Å². The molecule has 0 saturated carbocycles. The van der Waals surface area contributed by atoms with E-state index in [1.807, 2.05) is 41.3 Å². The topological polar surface area (TPSA) is 36.0 Å². The first-order valence-electron chi connectivity index (χ1n) is 12.7. The van der Waals surface area contributed by atoms with Gasteiger partial charge in [-0.25, -0.2) is 0 Å². The Bertz CT molecular complexity index is 1380. The molecule has 4 aromatic rings. The van der Waals surface area contributed by atoms with Gasteiger partial charge in [-0.15, -0.1) is 0 Å². The fourth-order valence-corrected chi connectivity index (χ4v) is 5.59. The quantitative estimate of drug-likeness (QED) is 0.356. The minimum absolute atomic E-state index is 0.0773. The highest BCUT2D eigenvalue weighted by Crippen LogP contribution is 2.42. The van der Waals surface area contributed by atoms with Crippen molar-refractivity contribution in [1.82, 2.24) is 4.90 Å². The molecule has 1 amide bonds. The second kappa shape index (κ2) is 9.67. The highest BCUT2D eigenvalue weighted by Gasteiger charge is 2.31. The molecule has 4 aromatic carbocycles. The maximum Gasteiger partial charge on any atom is 0.259 e. The zero-order chi connectivity index (χ0) is 24.5. The lowest BCUT2D eigenvalue weighted by Gasteiger charge is -2.26. The Kier molecular flexibility index (Phi) is 6.08.